The second-order valence-electron chi connectivity index (χ2n) is 7.42. The number of rotatable bonds is 0. The minimum atomic E-state index is -1.05. The van der Waals surface area contributed by atoms with Gasteiger partial charge in [0.2, 0.25) is 0 Å². The quantitative estimate of drug-likeness (QED) is 0.445. The summed E-state index contributed by atoms with van der Waals surface area (Å²) in [6.45, 7) is 10.3. The summed E-state index contributed by atoms with van der Waals surface area (Å²) in [5, 5.41) is 21.0. The third-order valence-electron chi connectivity index (χ3n) is 6.18. The van der Waals surface area contributed by atoms with Crippen LogP contribution >= 0.6 is 43.5 Å². The molecule has 1 spiro atoms. The average molecular weight is 445 g/mol. The highest BCUT2D eigenvalue weighted by atomic mass is 79.9. The lowest BCUT2D eigenvalue weighted by molar-refractivity contribution is -0.126. The zero-order valence-electron chi connectivity index (χ0n) is 12.4. The van der Waals surface area contributed by atoms with E-state index in [0.717, 1.165) is 6.42 Å². The number of ether oxygens (including phenoxy) is 1. The van der Waals surface area contributed by atoms with Crippen LogP contribution < -0.4 is 0 Å². The third kappa shape index (κ3) is 1.71. The van der Waals surface area contributed by atoms with Crippen LogP contribution in [0.15, 0.2) is 12.2 Å². The fraction of sp³-hybridized carbons (Fsp3) is 0.867. The molecule has 0 radical (unpaired) electrons. The Morgan fingerprint density at radius 1 is 1.29 bits per heavy atom. The molecular formula is C15H21Br2ClO3. The summed E-state index contributed by atoms with van der Waals surface area (Å²) < 4.78 is 5.27. The van der Waals surface area contributed by atoms with E-state index in [2.05, 4.69) is 52.3 Å². The Balaban J connectivity index is 2.19. The van der Waals surface area contributed by atoms with Gasteiger partial charge in [-0.05, 0) is 25.3 Å². The molecule has 3 nitrogen and oxygen atoms in total. The van der Waals surface area contributed by atoms with Crippen molar-refractivity contribution in [1.82, 2.24) is 0 Å². The van der Waals surface area contributed by atoms with Crippen molar-refractivity contribution in [2.45, 2.75) is 66.1 Å². The molecule has 0 aromatic heterocycles. The van der Waals surface area contributed by atoms with Crippen LogP contribution in [-0.2, 0) is 4.74 Å². The van der Waals surface area contributed by atoms with Crippen LogP contribution in [0.3, 0.4) is 0 Å². The van der Waals surface area contributed by atoms with Crippen LogP contribution in [0.1, 0.15) is 33.6 Å². The molecule has 120 valence electrons. The summed E-state index contributed by atoms with van der Waals surface area (Å²) in [6.07, 6.45) is -0.865. The molecule has 0 amide bonds. The molecule has 3 fully saturated rings. The first kappa shape index (κ1) is 16.7. The van der Waals surface area contributed by atoms with Gasteiger partial charge in [-0.15, -0.1) is 11.6 Å². The molecule has 1 saturated heterocycles. The molecule has 3 rings (SSSR count). The van der Waals surface area contributed by atoms with Crippen molar-refractivity contribution in [3.63, 3.8) is 0 Å². The lowest BCUT2D eigenvalue weighted by Gasteiger charge is -2.58. The first-order valence-corrected chi connectivity index (χ1v) is 9.25. The van der Waals surface area contributed by atoms with Crippen LogP contribution in [0, 0.1) is 10.8 Å². The highest BCUT2D eigenvalue weighted by Crippen LogP contribution is 2.73. The number of fused-ring (bicyclic) bond motifs is 1. The molecular weight excluding hydrogens is 423 g/mol. The van der Waals surface area contributed by atoms with Crippen LogP contribution in [0.2, 0.25) is 0 Å². The number of hydrogen-bond donors (Lipinski definition) is 2. The van der Waals surface area contributed by atoms with Gasteiger partial charge in [0, 0.05) is 15.7 Å². The van der Waals surface area contributed by atoms with Crippen molar-refractivity contribution in [1.29, 1.82) is 0 Å². The largest absolute Gasteiger partial charge is 0.386 e. The van der Waals surface area contributed by atoms with E-state index in [1.54, 1.807) is 0 Å². The van der Waals surface area contributed by atoms with Crippen molar-refractivity contribution in [3.8, 4) is 0 Å². The van der Waals surface area contributed by atoms with E-state index in [-0.39, 0.29) is 10.9 Å². The fourth-order valence-electron chi connectivity index (χ4n) is 4.59. The van der Waals surface area contributed by atoms with Gasteiger partial charge in [0.05, 0.1) is 11.0 Å². The second kappa shape index (κ2) is 4.48. The first-order valence-electron chi connectivity index (χ1n) is 7.17. The Hall–Kier alpha value is 0.870. The van der Waals surface area contributed by atoms with Crippen molar-refractivity contribution in [3.05, 3.63) is 12.2 Å². The van der Waals surface area contributed by atoms with Crippen molar-refractivity contribution in [2.24, 2.45) is 10.8 Å². The minimum absolute atomic E-state index is 0.0832. The topological polar surface area (TPSA) is 49.7 Å². The van der Waals surface area contributed by atoms with Gasteiger partial charge >= 0.3 is 0 Å². The Kier molecular flexibility index (Phi) is 3.57. The predicted octanol–water partition coefficient (Wildman–Crippen LogP) is 3.34. The molecule has 2 aliphatic carbocycles. The average Bonchev–Trinajstić information content (AvgIpc) is 2.50. The van der Waals surface area contributed by atoms with Crippen molar-refractivity contribution in [2.75, 3.05) is 0 Å². The maximum atomic E-state index is 10.5. The number of hydrogen-bond acceptors (Lipinski definition) is 3. The van der Waals surface area contributed by atoms with Gasteiger partial charge in [0.25, 0.3) is 0 Å². The maximum Gasteiger partial charge on any atom is 0.157 e. The standard InChI is InChI=1S/C15H21Br2ClO3/c1-7-10(19)11(20)15(17)12(2,3)14(7)5-8(16)13(4,18)6-9(14)21-15/h8-11,19-20H,1,5-6H2,2-4H3/t8-,9-,10-,11+,13-,14-,15-/m0/s1. The smallest absolute Gasteiger partial charge is 0.157 e. The summed E-state index contributed by atoms with van der Waals surface area (Å²) in [6, 6.07) is 0. The van der Waals surface area contributed by atoms with E-state index < -0.39 is 32.4 Å². The van der Waals surface area contributed by atoms with E-state index >= 15 is 0 Å². The van der Waals surface area contributed by atoms with Gasteiger partial charge < -0.3 is 14.9 Å². The fourth-order valence-corrected chi connectivity index (χ4v) is 6.33. The number of aliphatic hydroxyl groups is 2. The van der Waals surface area contributed by atoms with Crippen molar-refractivity contribution < 1.29 is 14.9 Å². The summed E-state index contributed by atoms with van der Waals surface area (Å²) in [5.74, 6) is 0. The molecule has 2 N–H and O–H groups in total. The van der Waals surface area contributed by atoms with Crippen LogP contribution in [0.4, 0.5) is 0 Å². The van der Waals surface area contributed by atoms with Crippen LogP contribution in [0.5, 0.6) is 0 Å². The van der Waals surface area contributed by atoms with E-state index in [9.17, 15) is 10.2 Å². The highest BCUT2D eigenvalue weighted by molar-refractivity contribution is 9.10. The molecule has 0 unspecified atom stereocenters. The number of alkyl halides is 3. The monoisotopic (exact) mass is 442 g/mol. The Bertz CT molecular complexity index is 509. The normalized spacial score (nSPS) is 59.0. The Labute approximate surface area is 147 Å². The summed E-state index contributed by atoms with van der Waals surface area (Å²) >= 11 is 14.0. The zero-order valence-corrected chi connectivity index (χ0v) is 16.3. The summed E-state index contributed by atoms with van der Waals surface area (Å²) in [5.41, 5.74) is -0.175. The molecule has 1 aliphatic heterocycles. The van der Waals surface area contributed by atoms with E-state index in [1.807, 2.05) is 6.92 Å². The molecule has 2 bridgehead atoms. The van der Waals surface area contributed by atoms with Crippen LogP contribution in [-0.4, -0.2) is 42.7 Å². The Morgan fingerprint density at radius 3 is 2.43 bits per heavy atom. The van der Waals surface area contributed by atoms with Gasteiger partial charge in [-0.2, -0.15) is 0 Å². The SMILES string of the molecule is C=C1[C@H](O)[C@@H](O)[C@]2(Br)O[C@H]3C[C@](C)(Cl)[C@@H](Br)C[C@]13C2(C)C. The van der Waals surface area contributed by atoms with Gasteiger partial charge in [0.15, 0.2) is 4.51 Å². The van der Waals surface area contributed by atoms with Crippen molar-refractivity contribution >= 4 is 43.5 Å². The molecule has 3 aliphatic rings. The predicted molar refractivity (Wildman–Crippen MR) is 90.1 cm³/mol. The number of aliphatic hydroxyl groups excluding tert-OH is 2. The second-order valence-corrected chi connectivity index (χ2v) is 10.6. The third-order valence-corrected chi connectivity index (χ3v) is 9.84. The molecule has 1 heterocycles. The summed E-state index contributed by atoms with van der Waals surface area (Å²) in [4.78, 5) is -0.344. The van der Waals surface area contributed by atoms with E-state index in [4.69, 9.17) is 16.3 Å². The maximum absolute atomic E-state index is 10.5. The van der Waals surface area contributed by atoms with Gasteiger partial charge in [-0.1, -0.05) is 52.3 Å². The molecule has 21 heavy (non-hydrogen) atoms. The zero-order chi connectivity index (χ0) is 16.0. The van der Waals surface area contributed by atoms with Gasteiger partial charge in [-0.25, -0.2) is 0 Å². The highest BCUT2D eigenvalue weighted by Gasteiger charge is 2.77. The molecule has 0 aromatic rings. The Morgan fingerprint density at radius 2 is 1.86 bits per heavy atom. The number of halogens is 3. The molecule has 6 heteroatoms. The molecule has 7 atom stereocenters. The van der Waals surface area contributed by atoms with Gasteiger partial charge in [0.1, 0.15) is 12.2 Å². The first-order chi connectivity index (χ1) is 9.42. The summed E-state index contributed by atoms with van der Waals surface area (Å²) in [7, 11) is 0. The lowest BCUT2D eigenvalue weighted by Crippen LogP contribution is -2.64. The molecule has 2 saturated carbocycles. The van der Waals surface area contributed by atoms with E-state index in [0.29, 0.717) is 12.0 Å². The van der Waals surface area contributed by atoms with E-state index in [1.165, 1.54) is 0 Å². The minimum Gasteiger partial charge on any atom is -0.386 e. The molecule has 0 aromatic carbocycles. The lowest BCUT2D eigenvalue weighted by atomic mass is 9.48. The van der Waals surface area contributed by atoms with Gasteiger partial charge in [-0.3, -0.25) is 0 Å². The van der Waals surface area contributed by atoms with Crippen LogP contribution in [0.25, 0.3) is 0 Å².